The minimum Gasteiger partial charge on any atom is -0.496 e. The molecular formula is C14H17N3O2. The quantitative estimate of drug-likeness (QED) is 0.849. The van der Waals surface area contributed by atoms with Crippen LogP contribution in [0.1, 0.15) is 24.4 Å². The van der Waals surface area contributed by atoms with Gasteiger partial charge in [-0.05, 0) is 18.9 Å². The molecule has 0 spiro atoms. The Morgan fingerprint density at radius 2 is 2.16 bits per heavy atom. The largest absolute Gasteiger partial charge is 0.496 e. The fraction of sp³-hybridized carbons (Fsp3) is 0.357. The summed E-state index contributed by atoms with van der Waals surface area (Å²) in [5, 5.41) is 0. The Hall–Kier alpha value is -2.17. The number of hydrogen-bond donors (Lipinski definition) is 1. The molecule has 2 N–H and O–H groups in total. The zero-order valence-electron chi connectivity index (χ0n) is 10.9. The summed E-state index contributed by atoms with van der Waals surface area (Å²) in [6.07, 6.45) is 5.91. The molecule has 0 aliphatic heterocycles. The molecule has 100 valence electrons. The van der Waals surface area contributed by atoms with Crippen molar-refractivity contribution in [2.45, 2.75) is 25.4 Å². The lowest BCUT2D eigenvalue weighted by Gasteiger charge is -2.09. The van der Waals surface area contributed by atoms with Crippen LogP contribution in [-0.4, -0.2) is 16.2 Å². The van der Waals surface area contributed by atoms with Crippen LogP contribution >= 0.6 is 0 Å². The molecule has 5 nitrogen and oxygen atoms in total. The molecule has 2 aromatic rings. The normalized spacial score (nSPS) is 14.6. The average Bonchev–Trinajstić information content (AvgIpc) is 3.18. The first-order valence-electron chi connectivity index (χ1n) is 6.38. The van der Waals surface area contributed by atoms with Gasteiger partial charge in [0.25, 0.3) is 0 Å². The molecule has 1 aromatic carbocycles. The Bertz CT molecular complexity index is 653. The molecule has 3 rings (SSSR count). The van der Waals surface area contributed by atoms with Crippen molar-refractivity contribution in [3.05, 3.63) is 46.6 Å². The number of imidazole rings is 1. The van der Waals surface area contributed by atoms with Crippen molar-refractivity contribution in [3.63, 3.8) is 0 Å². The second kappa shape index (κ2) is 4.50. The second-order valence-corrected chi connectivity index (χ2v) is 4.92. The van der Waals surface area contributed by atoms with Crippen molar-refractivity contribution in [3.8, 4) is 5.75 Å². The van der Waals surface area contributed by atoms with Gasteiger partial charge < -0.3 is 10.5 Å². The highest BCUT2D eigenvalue weighted by Gasteiger charge is 2.25. The Morgan fingerprint density at radius 1 is 1.37 bits per heavy atom. The van der Waals surface area contributed by atoms with E-state index in [4.69, 9.17) is 10.5 Å². The first-order valence-corrected chi connectivity index (χ1v) is 6.38. The molecule has 1 aromatic heterocycles. The summed E-state index contributed by atoms with van der Waals surface area (Å²) in [7, 11) is 1.61. The Morgan fingerprint density at radius 3 is 2.84 bits per heavy atom. The maximum absolute atomic E-state index is 12.2. The van der Waals surface area contributed by atoms with Gasteiger partial charge in [-0.15, -0.1) is 0 Å². The lowest BCUT2D eigenvalue weighted by Crippen LogP contribution is -2.24. The molecule has 0 atom stereocenters. The number of benzene rings is 1. The molecule has 0 bridgehead atoms. The number of anilines is 1. The van der Waals surface area contributed by atoms with E-state index < -0.39 is 0 Å². The van der Waals surface area contributed by atoms with Gasteiger partial charge in [-0.25, -0.2) is 4.79 Å². The van der Waals surface area contributed by atoms with Gasteiger partial charge in [-0.2, -0.15) is 0 Å². The lowest BCUT2D eigenvalue weighted by molar-refractivity contribution is 0.408. The van der Waals surface area contributed by atoms with Crippen molar-refractivity contribution in [1.29, 1.82) is 0 Å². The average molecular weight is 259 g/mol. The molecule has 5 heteroatoms. The van der Waals surface area contributed by atoms with Gasteiger partial charge in [0.15, 0.2) is 0 Å². The first-order chi connectivity index (χ1) is 9.19. The fourth-order valence-electron chi connectivity index (χ4n) is 2.25. The number of nitrogens with two attached hydrogens (primary N) is 1. The number of hydrogen-bond acceptors (Lipinski definition) is 3. The SMILES string of the molecule is COc1cc(N)ccc1Cn1ccn(C2CC2)c1=O. The molecule has 1 aliphatic rings. The third kappa shape index (κ3) is 2.23. The smallest absolute Gasteiger partial charge is 0.328 e. The molecule has 1 fully saturated rings. The minimum atomic E-state index is 0.0429. The summed E-state index contributed by atoms with van der Waals surface area (Å²) in [6.45, 7) is 0.502. The molecule has 0 saturated heterocycles. The zero-order chi connectivity index (χ0) is 13.4. The van der Waals surface area contributed by atoms with Crippen molar-refractivity contribution in [1.82, 2.24) is 9.13 Å². The van der Waals surface area contributed by atoms with Crippen LogP contribution in [0.5, 0.6) is 5.75 Å². The molecule has 19 heavy (non-hydrogen) atoms. The Labute approximate surface area is 111 Å². The van der Waals surface area contributed by atoms with E-state index in [1.54, 1.807) is 17.7 Å². The van der Waals surface area contributed by atoms with E-state index in [2.05, 4.69) is 0 Å². The van der Waals surface area contributed by atoms with Crippen LogP contribution in [0.25, 0.3) is 0 Å². The first kappa shape index (κ1) is 11.9. The van der Waals surface area contributed by atoms with Gasteiger partial charge in [0, 0.05) is 35.8 Å². The molecule has 0 amide bonds. The summed E-state index contributed by atoms with van der Waals surface area (Å²) in [5.74, 6) is 0.714. The fourth-order valence-corrected chi connectivity index (χ4v) is 2.25. The van der Waals surface area contributed by atoms with Crippen LogP contribution in [-0.2, 0) is 6.54 Å². The second-order valence-electron chi connectivity index (χ2n) is 4.92. The summed E-state index contributed by atoms with van der Waals surface area (Å²) >= 11 is 0. The highest BCUT2D eigenvalue weighted by Crippen LogP contribution is 2.33. The standard InChI is InChI=1S/C14H17N3O2/c1-19-13-8-11(15)3-2-10(13)9-16-6-7-17(14(16)18)12-4-5-12/h2-3,6-8,12H,4-5,9,15H2,1H3. The van der Waals surface area contributed by atoms with E-state index in [0.717, 1.165) is 18.4 Å². The molecule has 1 heterocycles. The van der Waals surface area contributed by atoms with E-state index in [1.807, 2.05) is 29.1 Å². The van der Waals surface area contributed by atoms with Gasteiger partial charge >= 0.3 is 5.69 Å². The number of ether oxygens (including phenoxy) is 1. The highest BCUT2D eigenvalue weighted by molar-refractivity contribution is 5.48. The van der Waals surface area contributed by atoms with Gasteiger partial charge in [0.2, 0.25) is 0 Å². The van der Waals surface area contributed by atoms with Crippen LogP contribution in [0, 0.1) is 0 Å². The van der Waals surface area contributed by atoms with Gasteiger partial charge in [0.05, 0.1) is 13.7 Å². The van der Waals surface area contributed by atoms with E-state index in [1.165, 1.54) is 0 Å². The van der Waals surface area contributed by atoms with E-state index in [0.29, 0.717) is 24.0 Å². The van der Waals surface area contributed by atoms with Crippen LogP contribution in [0.3, 0.4) is 0 Å². The van der Waals surface area contributed by atoms with Crippen molar-refractivity contribution in [2.24, 2.45) is 0 Å². The summed E-state index contributed by atoms with van der Waals surface area (Å²) in [6, 6.07) is 5.90. The van der Waals surface area contributed by atoms with E-state index in [-0.39, 0.29) is 5.69 Å². The number of nitrogens with zero attached hydrogens (tertiary/aromatic N) is 2. The monoisotopic (exact) mass is 259 g/mol. The maximum atomic E-state index is 12.2. The topological polar surface area (TPSA) is 62.2 Å². The highest BCUT2D eigenvalue weighted by atomic mass is 16.5. The predicted molar refractivity (Wildman–Crippen MR) is 73.5 cm³/mol. The van der Waals surface area contributed by atoms with Gasteiger partial charge in [-0.1, -0.05) is 6.07 Å². The zero-order valence-corrected chi connectivity index (χ0v) is 10.9. The van der Waals surface area contributed by atoms with E-state index >= 15 is 0 Å². The molecule has 0 unspecified atom stereocenters. The van der Waals surface area contributed by atoms with Gasteiger partial charge in [0.1, 0.15) is 5.75 Å². The molecule has 1 aliphatic carbocycles. The number of nitrogen functional groups attached to an aromatic ring is 1. The molecule has 1 saturated carbocycles. The predicted octanol–water partition coefficient (Wildman–Crippen LogP) is 1.62. The van der Waals surface area contributed by atoms with Crippen molar-refractivity contribution in [2.75, 3.05) is 12.8 Å². The van der Waals surface area contributed by atoms with Crippen LogP contribution in [0.2, 0.25) is 0 Å². The third-order valence-corrected chi connectivity index (χ3v) is 3.47. The van der Waals surface area contributed by atoms with Crippen LogP contribution < -0.4 is 16.2 Å². The van der Waals surface area contributed by atoms with Crippen molar-refractivity contribution >= 4 is 5.69 Å². The molecular weight excluding hydrogens is 242 g/mol. The Balaban J connectivity index is 1.91. The summed E-state index contributed by atoms with van der Waals surface area (Å²) in [5.41, 5.74) is 7.38. The van der Waals surface area contributed by atoms with Gasteiger partial charge in [-0.3, -0.25) is 9.13 Å². The Kier molecular flexibility index (Phi) is 2.81. The third-order valence-electron chi connectivity index (χ3n) is 3.47. The summed E-state index contributed by atoms with van der Waals surface area (Å²) < 4.78 is 8.81. The van der Waals surface area contributed by atoms with Crippen LogP contribution in [0.15, 0.2) is 35.4 Å². The number of rotatable bonds is 4. The van der Waals surface area contributed by atoms with Crippen molar-refractivity contribution < 1.29 is 4.74 Å². The maximum Gasteiger partial charge on any atom is 0.328 e. The van der Waals surface area contributed by atoms with Crippen LogP contribution in [0.4, 0.5) is 5.69 Å². The number of aromatic nitrogens is 2. The summed E-state index contributed by atoms with van der Waals surface area (Å²) in [4.78, 5) is 12.2. The lowest BCUT2D eigenvalue weighted by atomic mass is 10.2. The number of methoxy groups -OCH3 is 1. The van der Waals surface area contributed by atoms with E-state index in [9.17, 15) is 4.79 Å². The minimum absolute atomic E-state index is 0.0429. The molecule has 0 radical (unpaired) electrons.